The number of carbonyl (C=O) groups is 1. The summed E-state index contributed by atoms with van der Waals surface area (Å²) in [7, 11) is 0. The standard InChI is InChI=1S/C11H14N2O2/c1-8-7-12-10(6-9(8)11(14)15)13-4-2-3-5-13/h6-7H,2-5H2,1H3,(H,14,15). The van der Waals surface area contributed by atoms with Gasteiger partial charge in [-0.05, 0) is 31.4 Å². The van der Waals surface area contributed by atoms with Crippen LogP contribution < -0.4 is 4.90 Å². The number of aromatic carboxylic acids is 1. The van der Waals surface area contributed by atoms with Gasteiger partial charge in [-0.15, -0.1) is 0 Å². The maximum atomic E-state index is 10.9. The third-order valence-corrected chi connectivity index (χ3v) is 2.75. The molecule has 1 aliphatic heterocycles. The SMILES string of the molecule is Cc1cnc(N2CCCC2)cc1C(=O)O. The predicted molar refractivity (Wildman–Crippen MR) is 57.4 cm³/mol. The summed E-state index contributed by atoms with van der Waals surface area (Å²) in [6.45, 7) is 3.73. The number of rotatable bonds is 2. The molecule has 0 saturated carbocycles. The second-order valence-electron chi connectivity index (χ2n) is 3.86. The van der Waals surface area contributed by atoms with E-state index in [4.69, 9.17) is 5.11 Å². The highest BCUT2D eigenvalue weighted by Gasteiger charge is 2.16. The first-order valence-corrected chi connectivity index (χ1v) is 5.13. The van der Waals surface area contributed by atoms with Crippen molar-refractivity contribution in [3.63, 3.8) is 0 Å². The summed E-state index contributed by atoms with van der Waals surface area (Å²) in [4.78, 5) is 17.3. The van der Waals surface area contributed by atoms with E-state index in [1.807, 2.05) is 0 Å². The Morgan fingerprint density at radius 2 is 2.13 bits per heavy atom. The highest BCUT2D eigenvalue weighted by atomic mass is 16.4. The Morgan fingerprint density at radius 3 is 2.73 bits per heavy atom. The summed E-state index contributed by atoms with van der Waals surface area (Å²) in [5.74, 6) is -0.0918. The maximum absolute atomic E-state index is 10.9. The molecule has 2 heterocycles. The van der Waals surface area contributed by atoms with Crippen LogP contribution in [0.1, 0.15) is 28.8 Å². The first-order chi connectivity index (χ1) is 7.18. The quantitative estimate of drug-likeness (QED) is 0.800. The first kappa shape index (κ1) is 9.96. The van der Waals surface area contributed by atoms with Crippen LogP contribution in [0.15, 0.2) is 12.3 Å². The summed E-state index contributed by atoms with van der Waals surface area (Å²) in [6.07, 6.45) is 3.97. The summed E-state index contributed by atoms with van der Waals surface area (Å²) in [6, 6.07) is 1.67. The van der Waals surface area contributed by atoms with Crippen molar-refractivity contribution < 1.29 is 9.90 Å². The molecule has 0 bridgehead atoms. The molecule has 1 fully saturated rings. The number of pyridine rings is 1. The van der Waals surface area contributed by atoms with Crippen molar-refractivity contribution in [2.24, 2.45) is 0 Å². The minimum Gasteiger partial charge on any atom is -0.478 e. The Hall–Kier alpha value is -1.58. The minimum atomic E-state index is -0.879. The van der Waals surface area contributed by atoms with Crippen LogP contribution in [0.4, 0.5) is 5.82 Å². The van der Waals surface area contributed by atoms with Gasteiger partial charge in [-0.25, -0.2) is 9.78 Å². The number of hydrogen-bond donors (Lipinski definition) is 1. The van der Waals surface area contributed by atoms with Crippen molar-refractivity contribution in [3.8, 4) is 0 Å². The summed E-state index contributed by atoms with van der Waals surface area (Å²) in [5.41, 5.74) is 1.07. The highest BCUT2D eigenvalue weighted by Crippen LogP contribution is 2.20. The van der Waals surface area contributed by atoms with Gasteiger partial charge in [0, 0.05) is 19.3 Å². The van der Waals surface area contributed by atoms with Crippen LogP contribution in [0, 0.1) is 6.92 Å². The van der Waals surface area contributed by atoms with E-state index in [-0.39, 0.29) is 0 Å². The fraction of sp³-hybridized carbons (Fsp3) is 0.455. The van der Waals surface area contributed by atoms with Crippen molar-refractivity contribution in [1.82, 2.24) is 4.98 Å². The van der Waals surface area contributed by atoms with Crippen molar-refractivity contribution in [3.05, 3.63) is 23.4 Å². The van der Waals surface area contributed by atoms with E-state index in [0.29, 0.717) is 11.1 Å². The molecule has 0 spiro atoms. The molecule has 0 atom stereocenters. The number of anilines is 1. The molecule has 4 heteroatoms. The van der Waals surface area contributed by atoms with Gasteiger partial charge >= 0.3 is 5.97 Å². The molecule has 0 amide bonds. The van der Waals surface area contributed by atoms with Gasteiger partial charge in [0.05, 0.1) is 5.56 Å². The fourth-order valence-electron chi connectivity index (χ4n) is 1.86. The summed E-state index contributed by atoms with van der Waals surface area (Å²) in [5, 5.41) is 8.99. The van der Waals surface area contributed by atoms with Crippen LogP contribution in [0.3, 0.4) is 0 Å². The van der Waals surface area contributed by atoms with E-state index < -0.39 is 5.97 Å². The zero-order valence-corrected chi connectivity index (χ0v) is 8.73. The third kappa shape index (κ3) is 1.93. The molecule has 1 saturated heterocycles. The maximum Gasteiger partial charge on any atom is 0.336 e. The molecule has 0 unspecified atom stereocenters. The van der Waals surface area contributed by atoms with Crippen molar-refractivity contribution >= 4 is 11.8 Å². The van der Waals surface area contributed by atoms with Gasteiger partial charge in [-0.2, -0.15) is 0 Å². The first-order valence-electron chi connectivity index (χ1n) is 5.13. The van der Waals surface area contributed by atoms with Gasteiger partial charge in [0.25, 0.3) is 0 Å². The second kappa shape index (κ2) is 3.88. The van der Waals surface area contributed by atoms with Crippen LogP contribution in [0.5, 0.6) is 0 Å². The Morgan fingerprint density at radius 1 is 1.47 bits per heavy atom. The number of carboxylic acids is 1. The number of aryl methyl sites for hydroxylation is 1. The number of hydrogen-bond acceptors (Lipinski definition) is 3. The van der Waals surface area contributed by atoms with Crippen molar-refractivity contribution in [2.45, 2.75) is 19.8 Å². The molecule has 0 aromatic carbocycles. The van der Waals surface area contributed by atoms with Crippen LogP contribution in [-0.2, 0) is 0 Å². The summed E-state index contributed by atoms with van der Waals surface area (Å²) >= 11 is 0. The van der Waals surface area contributed by atoms with E-state index in [9.17, 15) is 4.79 Å². The van der Waals surface area contributed by atoms with Crippen LogP contribution >= 0.6 is 0 Å². The van der Waals surface area contributed by atoms with Gasteiger partial charge in [-0.3, -0.25) is 0 Å². The molecule has 0 radical (unpaired) electrons. The van der Waals surface area contributed by atoms with Crippen molar-refractivity contribution in [2.75, 3.05) is 18.0 Å². The molecule has 1 aromatic rings. The van der Waals surface area contributed by atoms with Gasteiger partial charge in [0.1, 0.15) is 5.82 Å². The lowest BCUT2D eigenvalue weighted by Crippen LogP contribution is -2.19. The van der Waals surface area contributed by atoms with Gasteiger partial charge in [0.15, 0.2) is 0 Å². The van der Waals surface area contributed by atoms with Crippen LogP contribution in [0.25, 0.3) is 0 Å². The molecular weight excluding hydrogens is 192 g/mol. The molecule has 4 nitrogen and oxygen atoms in total. The van der Waals surface area contributed by atoms with E-state index in [2.05, 4.69) is 9.88 Å². The molecule has 1 aliphatic rings. The Balaban J connectivity index is 2.33. The lowest BCUT2D eigenvalue weighted by Gasteiger charge is -2.16. The normalized spacial score (nSPS) is 15.7. The topological polar surface area (TPSA) is 53.4 Å². The molecule has 1 N–H and O–H groups in total. The Bertz CT molecular complexity index is 384. The van der Waals surface area contributed by atoms with Gasteiger partial charge in [-0.1, -0.05) is 0 Å². The van der Waals surface area contributed by atoms with Gasteiger partial charge in [0.2, 0.25) is 0 Å². The lowest BCUT2D eigenvalue weighted by atomic mass is 10.1. The zero-order chi connectivity index (χ0) is 10.8. The van der Waals surface area contributed by atoms with Crippen LogP contribution in [0.2, 0.25) is 0 Å². The fourth-order valence-corrected chi connectivity index (χ4v) is 1.86. The Labute approximate surface area is 88.6 Å². The third-order valence-electron chi connectivity index (χ3n) is 2.75. The average Bonchev–Trinajstić information content (AvgIpc) is 2.71. The zero-order valence-electron chi connectivity index (χ0n) is 8.73. The lowest BCUT2D eigenvalue weighted by molar-refractivity contribution is 0.0696. The molecule has 2 rings (SSSR count). The predicted octanol–water partition coefficient (Wildman–Crippen LogP) is 1.69. The number of nitrogens with zero attached hydrogens (tertiary/aromatic N) is 2. The van der Waals surface area contributed by atoms with Gasteiger partial charge < -0.3 is 10.0 Å². The smallest absolute Gasteiger partial charge is 0.336 e. The molecule has 1 aromatic heterocycles. The number of carboxylic acid groups (broad SMARTS) is 1. The average molecular weight is 206 g/mol. The van der Waals surface area contributed by atoms with E-state index in [1.165, 1.54) is 0 Å². The van der Waals surface area contributed by atoms with Crippen molar-refractivity contribution in [1.29, 1.82) is 0 Å². The highest BCUT2D eigenvalue weighted by molar-refractivity contribution is 5.90. The van der Waals surface area contributed by atoms with E-state index in [1.54, 1.807) is 19.2 Å². The summed E-state index contributed by atoms with van der Waals surface area (Å²) < 4.78 is 0. The Kier molecular flexibility index (Phi) is 2.58. The molecule has 80 valence electrons. The van der Waals surface area contributed by atoms with Crippen LogP contribution in [-0.4, -0.2) is 29.1 Å². The minimum absolute atomic E-state index is 0.354. The molecule has 0 aliphatic carbocycles. The molecular formula is C11H14N2O2. The largest absolute Gasteiger partial charge is 0.478 e. The second-order valence-corrected chi connectivity index (χ2v) is 3.86. The number of aromatic nitrogens is 1. The monoisotopic (exact) mass is 206 g/mol. The van der Waals surface area contributed by atoms with E-state index >= 15 is 0 Å². The molecule has 15 heavy (non-hydrogen) atoms. The van der Waals surface area contributed by atoms with E-state index in [0.717, 1.165) is 31.7 Å².